The Morgan fingerprint density at radius 3 is 1.00 bits per heavy atom. The lowest BCUT2D eigenvalue weighted by atomic mass is 10.0. The summed E-state index contributed by atoms with van der Waals surface area (Å²) in [7, 11) is 1.18. The molecule has 2 atom stereocenters. The number of quaternary nitrogens is 1. The second kappa shape index (κ2) is 66.1. The number of rotatable bonds is 68. The van der Waals surface area contributed by atoms with E-state index in [1.165, 1.54) is 250 Å². The van der Waals surface area contributed by atoms with Gasteiger partial charge in [0.2, 0.25) is 0 Å². The molecule has 0 bridgehead atoms. The van der Waals surface area contributed by atoms with Crippen molar-refractivity contribution in [2.75, 3.05) is 47.5 Å². The monoisotopic (exact) mass is 1210 g/mol. The van der Waals surface area contributed by atoms with Crippen molar-refractivity contribution in [1.82, 2.24) is 0 Å². The van der Waals surface area contributed by atoms with Crippen LogP contribution in [0.3, 0.4) is 0 Å². The Bertz CT molecular complexity index is 1620. The van der Waals surface area contributed by atoms with Crippen LogP contribution in [-0.2, 0) is 32.7 Å². The molecule has 0 fully saturated rings. The first-order valence-electron chi connectivity index (χ1n) is 36.5. The molecule has 0 amide bonds. The van der Waals surface area contributed by atoms with Crippen molar-refractivity contribution in [2.45, 2.75) is 360 Å². The highest BCUT2D eigenvalue weighted by atomic mass is 31.2. The average molecular weight is 1210 g/mol. The molecule has 0 aliphatic carbocycles. The van der Waals surface area contributed by atoms with E-state index < -0.39 is 26.5 Å². The maximum absolute atomic E-state index is 12.9. The summed E-state index contributed by atoms with van der Waals surface area (Å²) >= 11 is 0. The largest absolute Gasteiger partial charge is 0.756 e. The highest BCUT2D eigenvalue weighted by molar-refractivity contribution is 7.45. The third-order valence-corrected chi connectivity index (χ3v) is 17.3. The van der Waals surface area contributed by atoms with Crippen LogP contribution in [0.2, 0.25) is 0 Å². The highest BCUT2D eigenvalue weighted by Gasteiger charge is 2.22. The maximum Gasteiger partial charge on any atom is 0.306 e. The number of unbranched alkanes of at least 4 members (excludes halogenated alkanes) is 44. The van der Waals surface area contributed by atoms with Crippen molar-refractivity contribution in [3.63, 3.8) is 0 Å². The summed E-state index contributed by atoms with van der Waals surface area (Å²) < 4.78 is 34.4. The van der Waals surface area contributed by atoms with Crippen molar-refractivity contribution < 1.29 is 42.1 Å². The normalized spacial score (nSPS) is 13.4. The number of hydrogen-bond donors (Lipinski definition) is 0. The Labute approximate surface area is 527 Å². The van der Waals surface area contributed by atoms with E-state index in [-0.39, 0.29) is 32.0 Å². The predicted octanol–water partition coefficient (Wildman–Crippen LogP) is 23.1. The van der Waals surface area contributed by atoms with E-state index in [4.69, 9.17) is 18.5 Å². The SMILES string of the molecule is CC/C=C\C/C=C\C/C=C\C/C=C\C/C=C\CCCCCCCCCCCCCCCCCCCC(=O)OC(COC(=O)CCCCCCCCCCCCCCCCCCCCCCCCCCCCCC)COP(=O)([O-])OCC[N+](C)(C)C. The lowest BCUT2D eigenvalue weighted by molar-refractivity contribution is -0.870. The standard InChI is InChI=1S/C75H140NO8P/c1-6-8-10-12-14-16-18-20-22-24-26-28-30-32-34-36-37-38-39-40-42-44-46-48-50-52-54-56-58-60-62-64-66-68-75(78)84-73(72-83-85(79,80)82-70-69-76(3,4)5)71-81-74(77)67-65-63-61-59-57-55-53-51-49-47-45-43-41-35-33-31-29-27-25-23-21-19-17-15-13-11-9-7-2/h8,10,14,16,20,22,26,28,32,34,73H,6-7,9,11-13,15,17-19,21,23-25,27,29-31,33,35-72H2,1-5H3/b10-8-,16-14-,22-20-,28-26-,34-32-. The predicted molar refractivity (Wildman–Crippen MR) is 365 cm³/mol. The molecule has 0 aromatic heterocycles. The van der Waals surface area contributed by atoms with Crippen molar-refractivity contribution in [2.24, 2.45) is 0 Å². The van der Waals surface area contributed by atoms with Gasteiger partial charge in [0, 0.05) is 12.8 Å². The topological polar surface area (TPSA) is 111 Å². The van der Waals surface area contributed by atoms with Gasteiger partial charge < -0.3 is 27.9 Å². The van der Waals surface area contributed by atoms with Crippen LogP contribution >= 0.6 is 7.82 Å². The first-order valence-corrected chi connectivity index (χ1v) is 38.0. The second-order valence-corrected chi connectivity index (χ2v) is 27.3. The summed E-state index contributed by atoms with van der Waals surface area (Å²) in [5, 5.41) is 0. The smallest absolute Gasteiger partial charge is 0.306 e. The van der Waals surface area contributed by atoms with E-state index in [2.05, 4.69) is 74.6 Å². The Balaban J connectivity index is 3.98. The molecule has 0 saturated heterocycles. The van der Waals surface area contributed by atoms with E-state index in [9.17, 15) is 19.0 Å². The van der Waals surface area contributed by atoms with Gasteiger partial charge in [0.1, 0.15) is 19.8 Å². The van der Waals surface area contributed by atoms with Gasteiger partial charge in [-0.15, -0.1) is 0 Å². The third-order valence-electron chi connectivity index (χ3n) is 16.3. The van der Waals surface area contributed by atoms with Crippen molar-refractivity contribution in [1.29, 1.82) is 0 Å². The van der Waals surface area contributed by atoms with Gasteiger partial charge >= 0.3 is 11.9 Å². The van der Waals surface area contributed by atoms with Gasteiger partial charge in [-0.25, -0.2) is 0 Å². The Morgan fingerprint density at radius 1 is 0.376 bits per heavy atom. The molecule has 0 heterocycles. The number of hydrogen-bond acceptors (Lipinski definition) is 8. The number of phosphoric ester groups is 1. The van der Waals surface area contributed by atoms with E-state index in [1.54, 1.807) is 0 Å². The molecule has 0 saturated carbocycles. The van der Waals surface area contributed by atoms with Crippen molar-refractivity contribution >= 4 is 19.8 Å². The first-order chi connectivity index (χ1) is 41.5. The zero-order valence-electron chi connectivity index (χ0n) is 56.8. The number of allylic oxidation sites excluding steroid dienone is 10. The Morgan fingerprint density at radius 2 is 0.671 bits per heavy atom. The number of phosphoric acid groups is 1. The molecule has 0 N–H and O–H groups in total. The maximum atomic E-state index is 12.9. The number of likely N-dealkylation sites (N-methyl/N-ethyl adjacent to an activating group) is 1. The molecule has 0 aromatic carbocycles. The van der Waals surface area contributed by atoms with Crippen LogP contribution < -0.4 is 4.89 Å². The van der Waals surface area contributed by atoms with Crippen molar-refractivity contribution in [3.05, 3.63) is 60.8 Å². The van der Waals surface area contributed by atoms with Gasteiger partial charge in [-0.1, -0.05) is 344 Å². The number of nitrogens with zero attached hydrogens (tertiary/aromatic N) is 1. The molecule has 85 heavy (non-hydrogen) atoms. The molecule has 9 nitrogen and oxygen atoms in total. The minimum Gasteiger partial charge on any atom is -0.756 e. The molecule has 0 radical (unpaired) electrons. The first kappa shape index (κ1) is 82.7. The molecule has 2 unspecified atom stereocenters. The zero-order chi connectivity index (χ0) is 61.9. The number of esters is 2. The summed E-state index contributed by atoms with van der Waals surface area (Å²) in [6.07, 6.45) is 87.4. The lowest BCUT2D eigenvalue weighted by Gasteiger charge is -2.28. The molecule has 10 heteroatoms. The molecule has 0 spiro atoms. The Hall–Kier alpha value is -2.29. The van der Waals surface area contributed by atoms with Crippen molar-refractivity contribution in [3.8, 4) is 0 Å². The lowest BCUT2D eigenvalue weighted by Crippen LogP contribution is -2.37. The molecule has 0 aromatic rings. The van der Waals surface area contributed by atoms with E-state index >= 15 is 0 Å². The quantitative estimate of drug-likeness (QED) is 0.0195. The summed E-state index contributed by atoms with van der Waals surface area (Å²) in [5.74, 6) is -0.813. The van der Waals surface area contributed by atoms with Gasteiger partial charge in [-0.3, -0.25) is 14.2 Å². The Kier molecular flexibility index (Phi) is 64.4. The van der Waals surface area contributed by atoms with E-state index in [0.717, 1.165) is 70.6 Å². The van der Waals surface area contributed by atoms with Crippen LogP contribution in [0.4, 0.5) is 0 Å². The summed E-state index contributed by atoms with van der Waals surface area (Å²) in [4.78, 5) is 38.1. The molecule has 0 aliphatic heterocycles. The fourth-order valence-electron chi connectivity index (χ4n) is 10.7. The van der Waals surface area contributed by atoms with Gasteiger partial charge in [0.05, 0.1) is 27.7 Å². The third kappa shape index (κ3) is 70.7. The van der Waals surface area contributed by atoms with Crippen LogP contribution in [-0.4, -0.2) is 70.0 Å². The number of ether oxygens (including phenoxy) is 2. The van der Waals surface area contributed by atoms with Gasteiger partial charge in [-0.05, 0) is 57.8 Å². The number of carbonyl (C=O) groups excluding carboxylic acids is 2. The fourth-order valence-corrected chi connectivity index (χ4v) is 11.5. The number of carbonyl (C=O) groups is 2. The minimum atomic E-state index is -4.64. The molecule has 0 aliphatic rings. The fraction of sp³-hybridized carbons (Fsp3) is 0.840. The molecule has 498 valence electrons. The van der Waals surface area contributed by atoms with E-state index in [0.29, 0.717) is 17.4 Å². The summed E-state index contributed by atoms with van der Waals surface area (Å²) in [6, 6.07) is 0. The van der Waals surface area contributed by atoms with Crippen LogP contribution in [0.15, 0.2) is 60.8 Å². The van der Waals surface area contributed by atoms with Gasteiger partial charge in [0.25, 0.3) is 7.82 Å². The average Bonchev–Trinajstić information content (AvgIpc) is 3.54. The van der Waals surface area contributed by atoms with Crippen LogP contribution in [0.1, 0.15) is 354 Å². The summed E-state index contributed by atoms with van der Waals surface area (Å²) in [6.45, 7) is 4.19. The van der Waals surface area contributed by atoms with Crippen LogP contribution in [0, 0.1) is 0 Å². The summed E-state index contributed by atoms with van der Waals surface area (Å²) in [5.41, 5.74) is 0. The highest BCUT2D eigenvalue weighted by Crippen LogP contribution is 2.38. The molecule has 0 rings (SSSR count). The van der Waals surface area contributed by atoms with E-state index in [1.807, 2.05) is 21.1 Å². The second-order valence-electron chi connectivity index (χ2n) is 25.9. The molecular formula is C75H140NO8P. The van der Waals surface area contributed by atoms with Crippen LogP contribution in [0.25, 0.3) is 0 Å². The zero-order valence-corrected chi connectivity index (χ0v) is 57.7. The minimum absolute atomic E-state index is 0.0291. The molecular weight excluding hydrogens is 1070 g/mol. The van der Waals surface area contributed by atoms with Gasteiger partial charge in [-0.2, -0.15) is 0 Å². The van der Waals surface area contributed by atoms with Gasteiger partial charge in [0.15, 0.2) is 6.10 Å². The van der Waals surface area contributed by atoms with Crippen LogP contribution in [0.5, 0.6) is 0 Å².